The standard InChI is InChI=1S/C19H23NO/c1-20-19(17-7-2-3-12-21-17)16-11-10-14-9-8-13-5-4-6-15(16)18(13)14/h4-6,10-11,17,19-20H,2-3,7-9,12H2,1H3. The first kappa shape index (κ1) is 13.3. The Balaban J connectivity index is 1.82. The first-order valence-corrected chi connectivity index (χ1v) is 8.21. The molecule has 2 aromatic rings. The molecule has 0 amide bonds. The van der Waals surface area contributed by atoms with E-state index in [1.54, 1.807) is 0 Å². The fourth-order valence-electron chi connectivity index (χ4n) is 4.11. The van der Waals surface area contributed by atoms with Crippen LogP contribution in [0.25, 0.3) is 10.8 Å². The Kier molecular flexibility index (Phi) is 3.44. The zero-order chi connectivity index (χ0) is 14.2. The molecule has 1 saturated heterocycles. The summed E-state index contributed by atoms with van der Waals surface area (Å²) in [5.74, 6) is 0. The van der Waals surface area contributed by atoms with Crippen LogP contribution in [0, 0.1) is 0 Å². The molecule has 1 heterocycles. The third-order valence-electron chi connectivity index (χ3n) is 5.14. The maximum Gasteiger partial charge on any atom is 0.0769 e. The fraction of sp³-hybridized carbons (Fsp3) is 0.474. The van der Waals surface area contributed by atoms with Crippen LogP contribution >= 0.6 is 0 Å². The van der Waals surface area contributed by atoms with E-state index in [9.17, 15) is 0 Å². The Bertz CT molecular complexity index is 648. The maximum atomic E-state index is 6.05. The Morgan fingerprint density at radius 3 is 2.71 bits per heavy atom. The largest absolute Gasteiger partial charge is 0.376 e. The highest BCUT2D eigenvalue weighted by Crippen LogP contribution is 2.37. The molecule has 1 aliphatic heterocycles. The molecule has 21 heavy (non-hydrogen) atoms. The lowest BCUT2D eigenvalue weighted by molar-refractivity contribution is -0.00632. The molecule has 0 aromatic heterocycles. The molecule has 2 aromatic carbocycles. The van der Waals surface area contributed by atoms with Crippen LogP contribution in [0.15, 0.2) is 30.3 Å². The number of nitrogens with one attached hydrogen (secondary N) is 1. The van der Waals surface area contributed by atoms with Gasteiger partial charge in [0.25, 0.3) is 0 Å². The summed E-state index contributed by atoms with van der Waals surface area (Å²) in [6.07, 6.45) is 6.35. The summed E-state index contributed by atoms with van der Waals surface area (Å²) in [5.41, 5.74) is 4.44. The Labute approximate surface area is 126 Å². The van der Waals surface area contributed by atoms with Gasteiger partial charge < -0.3 is 10.1 Å². The van der Waals surface area contributed by atoms with Crippen LogP contribution in [0.4, 0.5) is 0 Å². The highest BCUT2D eigenvalue weighted by Gasteiger charge is 2.27. The highest BCUT2D eigenvalue weighted by atomic mass is 16.5. The average Bonchev–Trinajstić information content (AvgIpc) is 2.96. The van der Waals surface area contributed by atoms with Crippen LogP contribution in [-0.4, -0.2) is 19.8 Å². The molecule has 2 heteroatoms. The molecule has 0 radical (unpaired) electrons. The van der Waals surface area contributed by atoms with Gasteiger partial charge in [0, 0.05) is 6.61 Å². The van der Waals surface area contributed by atoms with Gasteiger partial charge in [0.15, 0.2) is 0 Å². The average molecular weight is 281 g/mol. The Morgan fingerprint density at radius 2 is 1.95 bits per heavy atom. The van der Waals surface area contributed by atoms with E-state index in [2.05, 4.69) is 42.7 Å². The smallest absolute Gasteiger partial charge is 0.0769 e. The van der Waals surface area contributed by atoms with Crippen molar-refractivity contribution >= 4 is 10.8 Å². The van der Waals surface area contributed by atoms with Gasteiger partial charge >= 0.3 is 0 Å². The number of rotatable bonds is 3. The van der Waals surface area contributed by atoms with Crippen molar-refractivity contribution in [1.29, 1.82) is 0 Å². The van der Waals surface area contributed by atoms with Crippen LogP contribution in [0.3, 0.4) is 0 Å². The molecule has 2 unspecified atom stereocenters. The number of hydrogen-bond donors (Lipinski definition) is 1. The first-order valence-electron chi connectivity index (χ1n) is 8.21. The summed E-state index contributed by atoms with van der Waals surface area (Å²) in [4.78, 5) is 0. The van der Waals surface area contributed by atoms with Gasteiger partial charge in [-0.1, -0.05) is 30.3 Å². The summed E-state index contributed by atoms with van der Waals surface area (Å²) in [7, 11) is 2.06. The molecule has 2 atom stereocenters. The quantitative estimate of drug-likeness (QED) is 0.924. The van der Waals surface area contributed by atoms with Crippen molar-refractivity contribution < 1.29 is 4.74 Å². The van der Waals surface area contributed by atoms with E-state index in [1.807, 2.05) is 0 Å². The first-order chi connectivity index (χ1) is 10.4. The summed E-state index contributed by atoms with van der Waals surface area (Å²) < 4.78 is 6.05. The van der Waals surface area contributed by atoms with Crippen molar-refractivity contribution in [3.63, 3.8) is 0 Å². The number of benzene rings is 2. The predicted octanol–water partition coefficient (Wildman–Crippen LogP) is 3.77. The van der Waals surface area contributed by atoms with E-state index in [0.29, 0.717) is 12.1 Å². The molecular formula is C19H23NO. The van der Waals surface area contributed by atoms with Crippen LogP contribution in [0.1, 0.15) is 42.0 Å². The van der Waals surface area contributed by atoms with Gasteiger partial charge in [-0.05, 0) is 66.6 Å². The lowest BCUT2D eigenvalue weighted by Gasteiger charge is -2.31. The summed E-state index contributed by atoms with van der Waals surface area (Å²) in [6.45, 7) is 0.907. The normalized spacial score (nSPS) is 22.6. The van der Waals surface area contributed by atoms with E-state index in [-0.39, 0.29) is 0 Å². The minimum absolute atomic E-state index is 0.301. The van der Waals surface area contributed by atoms with Gasteiger partial charge in [-0.25, -0.2) is 0 Å². The molecule has 2 aliphatic rings. The summed E-state index contributed by atoms with van der Waals surface area (Å²) >= 11 is 0. The van der Waals surface area contributed by atoms with Crippen molar-refractivity contribution in [3.8, 4) is 0 Å². The van der Waals surface area contributed by atoms with Crippen LogP contribution < -0.4 is 5.32 Å². The molecule has 1 fully saturated rings. The molecule has 2 nitrogen and oxygen atoms in total. The van der Waals surface area contributed by atoms with E-state index in [4.69, 9.17) is 4.74 Å². The molecule has 0 saturated carbocycles. The SMILES string of the molecule is CNC(c1ccc2c3c(cccc13)CC2)C1CCCCO1. The second-order valence-electron chi connectivity index (χ2n) is 6.32. The van der Waals surface area contributed by atoms with Crippen LogP contribution in [-0.2, 0) is 17.6 Å². The molecule has 110 valence electrons. The van der Waals surface area contributed by atoms with E-state index >= 15 is 0 Å². The number of hydrogen-bond acceptors (Lipinski definition) is 2. The monoisotopic (exact) mass is 281 g/mol. The van der Waals surface area contributed by atoms with Crippen molar-refractivity contribution in [3.05, 3.63) is 47.0 Å². The highest BCUT2D eigenvalue weighted by molar-refractivity contribution is 5.93. The van der Waals surface area contributed by atoms with Gasteiger partial charge in [-0.2, -0.15) is 0 Å². The minimum Gasteiger partial charge on any atom is -0.376 e. The topological polar surface area (TPSA) is 21.3 Å². The number of likely N-dealkylation sites (N-methyl/N-ethyl adjacent to an activating group) is 1. The zero-order valence-corrected chi connectivity index (χ0v) is 12.7. The van der Waals surface area contributed by atoms with Crippen molar-refractivity contribution in [2.45, 2.75) is 44.2 Å². The number of ether oxygens (including phenoxy) is 1. The van der Waals surface area contributed by atoms with Crippen LogP contribution in [0.5, 0.6) is 0 Å². The molecule has 0 spiro atoms. The number of aryl methyl sites for hydroxylation is 2. The molecule has 1 N–H and O–H groups in total. The van der Waals surface area contributed by atoms with Gasteiger partial charge in [0.05, 0.1) is 12.1 Å². The van der Waals surface area contributed by atoms with Gasteiger partial charge in [0.2, 0.25) is 0 Å². The minimum atomic E-state index is 0.301. The zero-order valence-electron chi connectivity index (χ0n) is 12.7. The van der Waals surface area contributed by atoms with Gasteiger partial charge in [0.1, 0.15) is 0 Å². The lowest BCUT2D eigenvalue weighted by Crippen LogP contribution is -2.34. The third kappa shape index (κ3) is 2.18. The molecular weight excluding hydrogens is 258 g/mol. The Hall–Kier alpha value is -1.38. The van der Waals surface area contributed by atoms with Crippen molar-refractivity contribution in [2.24, 2.45) is 0 Å². The summed E-state index contributed by atoms with van der Waals surface area (Å²) in [6, 6.07) is 11.7. The van der Waals surface area contributed by atoms with E-state index in [0.717, 1.165) is 13.0 Å². The van der Waals surface area contributed by atoms with E-state index in [1.165, 1.54) is 53.1 Å². The van der Waals surface area contributed by atoms with Gasteiger partial charge in [-0.3, -0.25) is 0 Å². The lowest BCUT2D eigenvalue weighted by atomic mass is 9.90. The Morgan fingerprint density at radius 1 is 1.10 bits per heavy atom. The maximum absolute atomic E-state index is 6.05. The second-order valence-corrected chi connectivity index (χ2v) is 6.32. The molecule has 4 rings (SSSR count). The predicted molar refractivity (Wildman–Crippen MR) is 86.7 cm³/mol. The van der Waals surface area contributed by atoms with Crippen molar-refractivity contribution in [2.75, 3.05) is 13.7 Å². The second kappa shape index (κ2) is 5.43. The van der Waals surface area contributed by atoms with Crippen molar-refractivity contribution in [1.82, 2.24) is 5.32 Å². The third-order valence-corrected chi connectivity index (χ3v) is 5.14. The summed E-state index contributed by atoms with van der Waals surface area (Å²) in [5, 5.41) is 6.45. The van der Waals surface area contributed by atoms with E-state index < -0.39 is 0 Å². The van der Waals surface area contributed by atoms with Crippen LogP contribution in [0.2, 0.25) is 0 Å². The molecule has 0 bridgehead atoms. The molecule has 1 aliphatic carbocycles. The fourth-order valence-corrected chi connectivity index (χ4v) is 4.11. The van der Waals surface area contributed by atoms with Gasteiger partial charge in [-0.15, -0.1) is 0 Å².